The van der Waals surface area contributed by atoms with Crippen LogP contribution in [-0.2, 0) is 0 Å². The number of hydrogen-bond acceptors (Lipinski definition) is 6. The predicted molar refractivity (Wildman–Crippen MR) is 126 cm³/mol. The fourth-order valence-electron chi connectivity index (χ4n) is 3.30. The Labute approximate surface area is 187 Å². The van der Waals surface area contributed by atoms with Crippen molar-refractivity contribution >= 4 is 22.9 Å². The second-order valence-corrected chi connectivity index (χ2v) is 6.85. The fraction of sp³-hybridized carbons (Fsp3) is 0.160. The van der Waals surface area contributed by atoms with E-state index in [1.165, 1.54) is 7.11 Å². The molecule has 3 rings (SSSR count). The SMILES string of the molecule is C=C(c1cc(OC)c(OC)c(OC)c1)c1ccc(OC)c(C(=O)Nc2ccccc2N)c1. The van der Waals surface area contributed by atoms with Crippen LogP contribution in [0.4, 0.5) is 11.4 Å². The lowest BCUT2D eigenvalue weighted by atomic mass is 9.96. The molecule has 0 aliphatic rings. The highest BCUT2D eigenvalue weighted by atomic mass is 16.5. The maximum absolute atomic E-state index is 13.0. The lowest BCUT2D eigenvalue weighted by molar-refractivity contribution is 0.102. The zero-order valence-electron chi connectivity index (χ0n) is 18.5. The number of para-hydroxylation sites is 2. The molecule has 0 heterocycles. The molecular weight excluding hydrogens is 408 g/mol. The average Bonchev–Trinajstić information content (AvgIpc) is 2.83. The summed E-state index contributed by atoms with van der Waals surface area (Å²) in [4.78, 5) is 13.0. The van der Waals surface area contributed by atoms with Crippen LogP contribution in [0.15, 0.2) is 61.2 Å². The molecule has 3 aromatic carbocycles. The van der Waals surface area contributed by atoms with E-state index in [2.05, 4.69) is 11.9 Å². The van der Waals surface area contributed by atoms with Gasteiger partial charge in [0.05, 0.1) is 45.4 Å². The Balaban J connectivity index is 2.00. The highest BCUT2D eigenvalue weighted by molar-refractivity contribution is 6.08. The van der Waals surface area contributed by atoms with Gasteiger partial charge >= 0.3 is 0 Å². The standard InChI is InChI=1S/C25H26N2O5/c1-15(17-13-22(30-3)24(32-5)23(14-17)31-4)16-10-11-21(29-2)18(12-16)25(28)27-20-9-7-6-8-19(20)26/h6-14H,1,26H2,2-5H3,(H,27,28). The van der Waals surface area contributed by atoms with E-state index in [1.54, 1.807) is 69.9 Å². The second kappa shape index (κ2) is 9.78. The van der Waals surface area contributed by atoms with Crippen LogP contribution in [0.3, 0.4) is 0 Å². The van der Waals surface area contributed by atoms with Gasteiger partial charge in [0.2, 0.25) is 5.75 Å². The minimum absolute atomic E-state index is 0.348. The predicted octanol–water partition coefficient (Wildman–Crippen LogP) is 4.62. The van der Waals surface area contributed by atoms with Crippen LogP contribution in [0.2, 0.25) is 0 Å². The van der Waals surface area contributed by atoms with Gasteiger partial charge in [0.15, 0.2) is 11.5 Å². The van der Waals surface area contributed by atoms with Gasteiger partial charge < -0.3 is 30.0 Å². The molecular formula is C25H26N2O5. The van der Waals surface area contributed by atoms with Crippen molar-refractivity contribution in [2.45, 2.75) is 0 Å². The molecule has 32 heavy (non-hydrogen) atoms. The number of amides is 1. The van der Waals surface area contributed by atoms with Crippen LogP contribution in [0.1, 0.15) is 21.5 Å². The molecule has 0 spiro atoms. The van der Waals surface area contributed by atoms with Crippen LogP contribution in [-0.4, -0.2) is 34.3 Å². The minimum atomic E-state index is -0.348. The zero-order valence-corrected chi connectivity index (χ0v) is 18.5. The van der Waals surface area contributed by atoms with Gasteiger partial charge in [-0.3, -0.25) is 4.79 Å². The molecule has 0 saturated carbocycles. The number of hydrogen-bond donors (Lipinski definition) is 2. The van der Waals surface area contributed by atoms with Gasteiger partial charge in [0, 0.05) is 0 Å². The fourth-order valence-corrected chi connectivity index (χ4v) is 3.30. The maximum Gasteiger partial charge on any atom is 0.259 e. The number of ether oxygens (including phenoxy) is 4. The average molecular weight is 434 g/mol. The van der Waals surface area contributed by atoms with Crippen LogP contribution in [0.25, 0.3) is 5.57 Å². The van der Waals surface area contributed by atoms with Crippen LogP contribution >= 0.6 is 0 Å². The Bertz CT molecular complexity index is 1130. The number of nitrogens with one attached hydrogen (secondary N) is 1. The first-order chi connectivity index (χ1) is 15.4. The van der Waals surface area contributed by atoms with Crippen molar-refractivity contribution in [2.24, 2.45) is 0 Å². The topological polar surface area (TPSA) is 92.0 Å². The second-order valence-electron chi connectivity index (χ2n) is 6.85. The molecule has 0 aliphatic heterocycles. The minimum Gasteiger partial charge on any atom is -0.496 e. The number of carbonyl (C=O) groups is 1. The molecule has 1 amide bonds. The Morgan fingerprint density at radius 1 is 0.812 bits per heavy atom. The summed E-state index contributed by atoms with van der Waals surface area (Å²) in [5.41, 5.74) is 9.44. The Hall–Kier alpha value is -4.13. The number of carbonyl (C=O) groups excluding carboxylic acids is 1. The molecule has 166 valence electrons. The Kier molecular flexibility index (Phi) is 6.90. The van der Waals surface area contributed by atoms with Gasteiger partial charge in [-0.2, -0.15) is 0 Å². The number of nitrogens with two attached hydrogens (primary N) is 1. The molecule has 0 saturated heterocycles. The first-order valence-electron chi connectivity index (χ1n) is 9.77. The number of methoxy groups -OCH3 is 4. The Morgan fingerprint density at radius 2 is 1.44 bits per heavy atom. The maximum atomic E-state index is 13.0. The van der Waals surface area contributed by atoms with E-state index in [9.17, 15) is 4.79 Å². The summed E-state index contributed by atoms with van der Waals surface area (Å²) < 4.78 is 21.7. The molecule has 3 aromatic rings. The normalized spacial score (nSPS) is 10.2. The lowest BCUT2D eigenvalue weighted by Crippen LogP contribution is -2.14. The first kappa shape index (κ1) is 22.6. The summed E-state index contributed by atoms with van der Waals surface area (Å²) in [6.07, 6.45) is 0. The van der Waals surface area contributed by atoms with E-state index in [-0.39, 0.29) is 5.91 Å². The largest absolute Gasteiger partial charge is 0.496 e. The molecule has 0 unspecified atom stereocenters. The summed E-state index contributed by atoms with van der Waals surface area (Å²) in [6, 6.07) is 15.9. The highest BCUT2D eigenvalue weighted by Gasteiger charge is 2.18. The quantitative estimate of drug-likeness (QED) is 0.503. The third kappa shape index (κ3) is 4.46. The van der Waals surface area contributed by atoms with Crippen molar-refractivity contribution in [1.82, 2.24) is 0 Å². The first-order valence-corrected chi connectivity index (χ1v) is 9.77. The van der Waals surface area contributed by atoms with Crippen molar-refractivity contribution in [1.29, 1.82) is 0 Å². The third-order valence-corrected chi connectivity index (χ3v) is 5.01. The summed E-state index contributed by atoms with van der Waals surface area (Å²) in [5.74, 6) is 1.59. The number of nitrogen functional groups attached to an aromatic ring is 1. The molecule has 7 heteroatoms. The third-order valence-electron chi connectivity index (χ3n) is 5.01. The monoisotopic (exact) mass is 434 g/mol. The van der Waals surface area contributed by atoms with Gasteiger partial charge in [0.1, 0.15) is 5.75 Å². The number of rotatable bonds is 8. The van der Waals surface area contributed by atoms with Gasteiger partial charge in [0.25, 0.3) is 5.91 Å². The van der Waals surface area contributed by atoms with E-state index in [1.807, 2.05) is 6.07 Å². The molecule has 3 N–H and O–H groups in total. The van der Waals surface area contributed by atoms with E-state index < -0.39 is 0 Å². The summed E-state index contributed by atoms with van der Waals surface area (Å²) >= 11 is 0. The summed E-state index contributed by atoms with van der Waals surface area (Å²) in [7, 11) is 6.16. The van der Waals surface area contributed by atoms with Crippen molar-refractivity contribution in [2.75, 3.05) is 39.5 Å². The van der Waals surface area contributed by atoms with Crippen molar-refractivity contribution in [3.63, 3.8) is 0 Å². The molecule has 0 aliphatic carbocycles. The van der Waals surface area contributed by atoms with Gasteiger partial charge in [-0.15, -0.1) is 0 Å². The summed E-state index contributed by atoms with van der Waals surface area (Å²) in [5, 5.41) is 2.83. The van der Waals surface area contributed by atoms with Crippen LogP contribution in [0, 0.1) is 0 Å². The smallest absolute Gasteiger partial charge is 0.259 e. The molecule has 0 fully saturated rings. The Morgan fingerprint density at radius 3 is 2.00 bits per heavy atom. The lowest BCUT2D eigenvalue weighted by Gasteiger charge is -2.16. The van der Waals surface area contributed by atoms with E-state index >= 15 is 0 Å². The number of anilines is 2. The van der Waals surface area contributed by atoms with Crippen molar-refractivity contribution < 1.29 is 23.7 Å². The van der Waals surface area contributed by atoms with Crippen molar-refractivity contribution in [3.05, 3.63) is 77.9 Å². The molecule has 0 radical (unpaired) electrons. The van der Waals surface area contributed by atoms with E-state index in [0.717, 1.165) is 11.1 Å². The van der Waals surface area contributed by atoms with Crippen LogP contribution < -0.4 is 30.0 Å². The van der Waals surface area contributed by atoms with Gasteiger partial charge in [-0.1, -0.05) is 24.8 Å². The number of benzene rings is 3. The van der Waals surface area contributed by atoms with Crippen molar-refractivity contribution in [3.8, 4) is 23.0 Å². The zero-order chi connectivity index (χ0) is 23.3. The molecule has 0 aromatic heterocycles. The van der Waals surface area contributed by atoms with E-state index in [0.29, 0.717) is 45.5 Å². The molecule has 0 atom stereocenters. The van der Waals surface area contributed by atoms with Gasteiger partial charge in [-0.05, 0) is 53.1 Å². The van der Waals surface area contributed by atoms with Crippen LogP contribution in [0.5, 0.6) is 23.0 Å². The highest BCUT2D eigenvalue weighted by Crippen LogP contribution is 2.41. The molecule has 0 bridgehead atoms. The molecule has 7 nitrogen and oxygen atoms in total. The summed E-state index contributed by atoms with van der Waals surface area (Å²) in [6.45, 7) is 4.21. The van der Waals surface area contributed by atoms with E-state index in [4.69, 9.17) is 24.7 Å². The van der Waals surface area contributed by atoms with Gasteiger partial charge in [-0.25, -0.2) is 0 Å².